The molecule has 412 valence electrons. The van der Waals surface area contributed by atoms with E-state index < -0.39 is 12.2 Å². The van der Waals surface area contributed by atoms with E-state index in [1.807, 2.05) is 92.7 Å². The van der Waals surface area contributed by atoms with Crippen molar-refractivity contribution in [2.75, 3.05) is 53.6 Å². The van der Waals surface area contributed by atoms with Crippen molar-refractivity contribution >= 4 is 54.3 Å². The SMILES string of the molecule is CCOCC.CC[C@H]1CN2CC[C@H]1C[C@@H]2[C@@H](O)c1ccnc2ccc(OC)cc12.CC[C@H]1CN2CC[C@H]1C[C@@H]2[C@@H](O)c1ccnc2ccc(OC)cc12.Cc1cc(Oc2cc3ccccc3c3ccccc23)nc2ccccc12. The third kappa shape index (κ3) is 12.1. The smallest absolute Gasteiger partial charge is 0.220 e. The van der Waals surface area contributed by atoms with Crippen LogP contribution in [0.2, 0.25) is 0 Å². The standard InChI is InChI=1S/C24H17NO.2C20H26N2O2.C4H10O/c1-16-14-24(25-22-13-7-6-9-18(16)22)26-23-15-17-8-2-3-10-19(17)20-11-4-5-12-21(20)23;2*1-3-13-12-22-9-7-14(13)10-19(22)20(23)16-6-8-21-18-5-4-15(24-2)11-17(16)18;1-3-5-4-2/h2-15H,1H3;2*4-6,8,11,13-14,19-20,23H,3,7,9-10,12H2,1-2H3;3-4H2,1-2H3/t;2*13-,14-,19+,20-;/m.00./s1. The summed E-state index contributed by atoms with van der Waals surface area (Å²) in [5, 5.41) is 30.2. The van der Waals surface area contributed by atoms with E-state index in [-0.39, 0.29) is 12.1 Å². The van der Waals surface area contributed by atoms with E-state index in [1.165, 1.54) is 41.8 Å². The summed E-state index contributed by atoms with van der Waals surface area (Å²) in [7, 11) is 3.34. The van der Waals surface area contributed by atoms with Crippen LogP contribution in [0.5, 0.6) is 23.1 Å². The van der Waals surface area contributed by atoms with Crippen LogP contribution >= 0.6 is 0 Å². The number of aliphatic hydroxyl groups excluding tert-OH is 2. The van der Waals surface area contributed by atoms with Crippen molar-refractivity contribution in [3.63, 3.8) is 0 Å². The van der Waals surface area contributed by atoms with Crippen LogP contribution in [-0.4, -0.2) is 101 Å². The largest absolute Gasteiger partial charge is 0.497 e. The van der Waals surface area contributed by atoms with Crippen LogP contribution in [0.3, 0.4) is 0 Å². The number of nitrogens with zero attached hydrogens (tertiary/aromatic N) is 5. The summed E-state index contributed by atoms with van der Waals surface area (Å²) in [6, 6.07) is 45.1. The summed E-state index contributed by atoms with van der Waals surface area (Å²) in [4.78, 5) is 18.6. The molecule has 0 aliphatic carbocycles. The molecule has 3 aromatic heterocycles. The maximum Gasteiger partial charge on any atom is 0.220 e. The highest BCUT2D eigenvalue weighted by Gasteiger charge is 2.44. The van der Waals surface area contributed by atoms with Gasteiger partial charge in [-0.05, 0) is 177 Å². The molecule has 0 radical (unpaired) electrons. The number of aliphatic hydroxyl groups is 2. The molecule has 79 heavy (non-hydrogen) atoms. The number of para-hydroxylation sites is 1. The number of hydrogen-bond donors (Lipinski definition) is 2. The second-order valence-electron chi connectivity index (χ2n) is 21.8. The first kappa shape index (κ1) is 55.6. The Labute approximate surface area is 466 Å². The van der Waals surface area contributed by atoms with Crippen molar-refractivity contribution in [1.29, 1.82) is 0 Å². The molecule has 0 saturated carbocycles. The van der Waals surface area contributed by atoms with Gasteiger partial charge in [0.05, 0.1) is 43.0 Å². The Hall–Kier alpha value is -6.73. The van der Waals surface area contributed by atoms with Crippen LogP contribution in [0.25, 0.3) is 54.3 Å². The normalized spacial score (nSPS) is 22.7. The van der Waals surface area contributed by atoms with Crippen LogP contribution in [0.1, 0.15) is 95.1 Å². The zero-order valence-electron chi connectivity index (χ0n) is 47.2. The van der Waals surface area contributed by atoms with Gasteiger partial charge in [-0.3, -0.25) is 19.8 Å². The van der Waals surface area contributed by atoms with Gasteiger partial charge in [-0.25, -0.2) is 4.98 Å². The summed E-state index contributed by atoms with van der Waals surface area (Å²) >= 11 is 0. The maximum atomic E-state index is 11.2. The molecule has 9 heterocycles. The molecule has 9 aromatic rings. The number of aryl methyl sites for hydroxylation is 1. The number of benzene rings is 6. The van der Waals surface area contributed by atoms with E-state index in [2.05, 4.69) is 95.1 Å². The number of methoxy groups -OCH3 is 2. The first-order valence-electron chi connectivity index (χ1n) is 28.8. The summed E-state index contributed by atoms with van der Waals surface area (Å²) in [6.07, 6.45) is 9.95. The fourth-order valence-corrected chi connectivity index (χ4v) is 13.2. The molecule has 2 unspecified atom stereocenters. The molecular formula is C68H79N5O6. The number of fused-ring (bicyclic) bond motifs is 12. The Bertz CT molecular complexity index is 3370. The van der Waals surface area contributed by atoms with Gasteiger partial charge in [0.25, 0.3) is 0 Å². The Balaban J connectivity index is 0.000000128. The van der Waals surface area contributed by atoms with Crippen LogP contribution in [0, 0.1) is 30.6 Å². The molecule has 6 aliphatic rings. The fraction of sp³-hybridized carbons (Fsp3) is 0.397. The lowest BCUT2D eigenvalue weighted by Gasteiger charge is -2.51. The molecular weight excluding hydrogens is 983 g/mol. The average molecular weight is 1060 g/mol. The number of aromatic nitrogens is 3. The molecule has 11 nitrogen and oxygen atoms in total. The van der Waals surface area contributed by atoms with Gasteiger partial charge in [-0.1, -0.05) is 93.4 Å². The second-order valence-corrected chi connectivity index (χ2v) is 21.8. The lowest BCUT2D eigenvalue weighted by atomic mass is 9.72. The highest BCUT2D eigenvalue weighted by atomic mass is 16.5. The molecule has 0 spiro atoms. The summed E-state index contributed by atoms with van der Waals surface area (Å²) in [6.45, 7) is 16.9. The highest BCUT2D eigenvalue weighted by molar-refractivity contribution is 6.10. The molecule has 6 aliphatic heterocycles. The van der Waals surface area contributed by atoms with Crippen molar-refractivity contribution < 1.29 is 29.2 Å². The van der Waals surface area contributed by atoms with Crippen LogP contribution in [0.4, 0.5) is 0 Å². The predicted molar refractivity (Wildman–Crippen MR) is 320 cm³/mol. The molecule has 11 heteroatoms. The van der Waals surface area contributed by atoms with Gasteiger partial charge in [0.2, 0.25) is 5.88 Å². The predicted octanol–water partition coefficient (Wildman–Crippen LogP) is 14.5. The summed E-state index contributed by atoms with van der Waals surface area (Å²) < 4.78 is 21.8. The summed E-state index contributed by atoms with van der Waals surface area (Å²) in [5.41, 5.74) is 5.89. The Morgan fingerprint density at radius 1 is 0.544 bits per heavy atom. The van der Waals surface area contributed by atoms with Gasteiger partial charge in [-0.15, -0.1) is 0 Å². The van der Waals surface area contributed by atoms with E-state index in [9.17, 15) is 10.2 Å². The molecule has 0 amide bonds. The van der Waals surface area contributed by atoms with Crippen molar-refractivity contribution in [1.82, 2.24) is 24.8 Å². The van der Waals surface area contributed by atoms with E-state index in [4.69, 9.17) is 23.9 Å². The van der Waals surface area contributed by atoms with E-state index in [0.717, 1.165) is 148 Å². The third-order valence-electron chi connectivity index (χ3n) is 17.5. The zero-order chi connectivity index (χ0) is 55.0. The first-order valence-corrected chi connectivity index (χ1v) is 28.8. The van der Waals surface area contributed by atoms with Crippen molar-refractivity contribution in [2.24, 2.45) is 23.7 Å². The number of piperidine rings is 6. The van der Waals surface area contributed by atoms with Crippen LogP contribution in [0.15, 0.2) is 146 Å². The van der Waals surface area contributed by atoms with Crippen molar-refractivity contribution in [2.45, 2.75) is 97.4 Å². The van der Waals surface area contributed by atoms with E-state index >= 15 is 0 Å². The Morgan fingerprint density at radius 3 is 1.54 bits per heavy atom. The van der Waals surface area contributed by atoms with Gasteiger partial charge >= 0.3 is 0 Å². The van der Waals surface area contributed by atoms with Gasteiger partial charge in [0.1, 0.15) is 17.2 Å². The maximum absolute atomic E-state index is 11.2. The van der Waals surface area contributed by atoms with Crippen LogP contribution in [-0.2, 0) is 4.74 Å². The first-order chi connectivity index (χ1) is 38.6. The molecule has 4 bridgehead atoms. The molecule has 6 aromatic carbocycles. The molecule has 6 fully saturated rings. The monoisotopic (exact) mass is 1060 g/mol. The minimum absolute atomic E-state index is 0.225. The highest BCUT2D eigenvalue weighted by Crippen LogP contribution is 2.45. The van der Waals surface area contributed by atoms with Gasteiger partial charge in [0, 0.05) is 78.4 Å². The van der Waals surface area contributed by atoms with Gasteiger partial charge in [0.15, 0.2) is 0 Å². The van der Waals surface area contributed by atoms with Crippen molar-refractivity contribution in [3.05, 3.63) is 163 Å². The Kier molecular flexibility index (Phi) is 18.0. The van der Waals surface area contributed by atoms with E-state index in [1.54, 1.807) is 26.6 Å². The Morgan fingerprint density at radius 2 is 1.05 bits per heavy atom. The summed E-state index contributed by atoms with van der Waals surface area (Å²) in [5.74, 6) is 6.21. The van der Waals surface area contributed by atoms with Gasteiger partial charge in [-0.2, -0.15) is 0 Å². The molecule has 2 N–H and O–H groups in total. The number of ether oxygens (including phenoxy) is 4. The molecule has 6 saturated heterocycles. The van der Waals surface area contributed by atoms with Crippen molar-refractivity contribution in [3.8, 4) is 23.1 Å². The van der Waals surface area contributed by atoms with E-state index in [0.29, 0.717) is 5.88 Å². The number of hydrogen-bond acceptors (Lipinski definition) is 11. The fourth-order valence-electron chi connectivity index (χ4n) is 13.2. The number of rotatable bonds is 12. The second kappa shape index (κ2) is 25.6. The molecule has 10 atom stereocenters. The lowest BCUT2D eigenvalue weighted by molar-refractivity contribution is -0.0562. The zero-order valence-corrected chi connectivity index (χ0v) is 47.2. The molecule has 15 rings (SSSR count). The third-order valence-corrected chi connectivity index (χ3v) is 17.5. The van der Waals surface area contributed by atoms with Crippen LogP contribution < -0.4 is 14.2 Å². The number of pyridine rings is 3. The quantitative estimate of drug-likeness (QED) is 0.114. The average Bonchev–Trinajstić information content (AvgIpc) is 3.54. The minimum atomic E-state index is -0.469. The lowest BCUT2D eigenvalue weighted by Crippen LogP contribution is -2.55. The van der Waals surface area contributed by atoms with Gasteiger partial charge < -0.3 is 29.2 Å². The topological polar surface area (TPSA) is 123 Å². The minimum Gasteiger partial charge on any atom is -0.497 e.